The fraction of sp³-hybridized carbons (Fsp3) is 0.235. The van der Waals surface area contributed by atoms with Gasteiger partial charge in [0.05, 0.1) is 5.75 Å². The minimum Gasteiger partial charge on any atom is -0.454 e. The number of carbonyl (C=O) groups is 1. The summed E-state index contributed by atoms with van der Waals surface area (Å²) in [5.41, 5.74) is 3.07. The van der Waals surface area contributed by atoms with Crippen LogP contribution in [0.5, 0.6) is 11.5 Å². The Bertz CT molecular complexity index is 694. The second kappa shape index (κ2) is 5.82. The van der Waals surface area contributed by atoms with Gasteiger partial charge in [-0.05, 0) is 43.7 Å². The number of ketones is 1. The summed E-state index contributed by atoms with van der Waals surface area (Å²) in [6.45, 7) is 4.35. The Balaban J connectivity index is 1.70. The molecule has 0 bridgehead atoms. The number of benzene rings is 2. The first kappa shape index (κ1) is 14.0. The SMILES string of the molecule is Cc1ccc(C)c(SCC(=O)c2ccc3c(c2)OCO3)c1. The van der Waals surface area contributed by atoms with Gasteiger partial charge < -0.3 is 9.47 Å². The van der Waals surface area contributed by atoms with E-state index in [1.165, 1.54) is 11.1 Å². The van der Waals surface area contributed by atoms with Gasteiger partial charge in [0, 0.05) is 10.5 Å². The molecule has 2 aromatic carbocycles. The molecule has 0 aromatic heterocycles. The molecule has 0 amide bonds. The number of Topliss-reactive ketones (excluding diaryl/α,β-unsaturated/α-hetero) is 1. The molecule has 0 unspecified atom stereocenters. The highest BCUT2D eigenvalue weighted by Gasteiger charge is 2.16. The van der Waals surface area contributed by atoms with Crippen LogP contribution in [0.1, 0.15) is 21.5 Å². The third-order valence-electron chi connectivity index (χ3n) is 3.40. The second-order valence-electron chi connectivity index (χ2n) is 5.05. The molecular formula is C17H16O3S. The van der Waals surface area contributed by atoms with E-state index in [9.17, 15) is 4.79 Å². The largest absolute Gasteiger partial charge is 0.454 e. The van der Waals surface area contributed by atoms with Crippen LogP contribution < -0.4 is 9.47 Å². The molecule has 0 radical (unpaired) electrons. The van der Waals surface area contributed by atoms with E-state index < -0.39 is 0 Å². The van der Waals surface area contributed by atoms with Crippen molar-refractivity contribution < 1.29 is 14.3 Å². The van der Waals surface area contributed by atoms with Crippen LogP contribution in [0.4, 0.5) is 0 Å². The van der Waals surface area contributed by atoms with Crippen molar-refractivity contribution in [1.82, 2.24) is 0 Å². The van der Waals surface area contributed by atoms with Crippen molar-refractivity contribution in [3.8, 4) is 11.5 Å². The lowest BCUT2D eigenvalue weighted by Crippen LogP contribution is -2.02. The first-order chi connectivity index (χ1) is 10.1. The van der Waals surface area contributed by atoms with Gasteiger partial charge in [-0.1, -0.05) is 17.7 Å². The van der Waals surface area contributed by atoms with Crippen molar-refractivity contribution in [2.75, 3.05) is 12.5 Å². The van der Waals surface area contributed by atoms with E-state index in [1.54, 1.807) is 30.0 Å². The van der Waals surface area contributed by atoms with Gasteiger partial charge in [-0.3, -0.25) is 4.79 Å². The summed E-state index contributed by atoms with van der Waals surface area (Å²) >= 11 is 1.58. The monoisotopic (exact) mass is 300 g/mol. The number of ether oxygens (including phenoxy) is 2. The smallest absolute Gasteiger partial charge is 0.231 e. The highest BCUT2D eigenvalue weighted by Crippen LogP contribution is 2.33. The lowest BCUT2D eigenvalue weighted by molar-refractivity contribution is 0.102. The maximum absolute atomic E-state index is 12.3. The summed E-state index contributed by atoms with van der Waals surface area (Å²) in [4.78, 5) is 13.5. The summed E-state index contributed by atoms with van der Waals surface area (Å²) in [7, 11) is 0. The summed E-state index contributed by atoms with van der Waals surface area (Å²) in [6.07, 6.45) is 0. The molecule has 1 aliphatic rings. The lowest BCUT2D eigenvalue weighted by Gasteiger charge is -2.07. The quantitative estimate of drug-likeness (QED) is 0.631. The highest BCUT2D eigenvalue weighted by atomic mass is 32.2. The Morgan fingerprint density at radius 1 is 1.10 bits per heavy atom. The summed E-state index contributed by atoms with van der Waals surface area (Å²) in [5, 5.41) is 0. The van der Waals surface area contributed by atoms with Crippen LogP contribution in [0.25, 0.3) is 0 Å². The molecule has 2 aromatic rings. The van der Waals surface area contributed by atoms with Gasteiger partial charge >= 0.3 is 0 Å². The Hall–Kier alpha value is -1.94. The molecule has 0 saturated heterocycles. The van der Waals surface area contributed by atoms with Crippen LogP contribution in [0.2, 0.25) is 0 Å². The standard InChI is InChI=1S/C17H16O3S/c1-11-3-4-12(2)17(7-11)21-9-14(18)13-5-6-15-16(8-13)20-10-19-15/h3-8H,9-10H2,1-2H3. The third-order valence-corrected chi connectivity index (χ3v) is 4.55. The number of aryl methyl sites for hydroxylation is 2. The normalized spacial score (nSPS) is 12.5. The first-order valence-electron chi connectivity index (χ1n) is 6.76. The molecule has 108 valence electrons. The van der Waals surface area contributed by atoms with Crippen LogP contribution in [0.3, 0.4) is 0 Å². The van der Waals surface area contributed by atoms with Crippen molar-refractivity contribution in [1.29, 1.82) is 0 Å². The van der Waals surface area contributed by atoms with Crippen LogP contribution in [-0.2, 0) is 0 Å². The predicted molar refractivity (Wildman–Crippen MR) is 83.5 cm³/mol. The number of thioether (sulfide) groups is 1. The van der Waals surface area contributed by atoms with E-state index in [0.29, 0.717) is 22.8 Å². The van der Waals surface area contributed by atoms with Crippen molar-refractivity contribution in [3.05, 3.63) is 53.1 Å². The number of carbonyl (C=O) groups excluding carboxylic acids is 1. The summed E-state index contributed by atoms with van der Waals surface area (Å²) in [6, 6.07) is 11.6. The van der Waals surface area contributed by atoms with Crippen molar-refractivity contribution >= 4 is 17.5 Å². The van der Waals surface area contributed by atoms with Crippen LogP contribution >= 0.6 is 11.8 Å². The van der Waals surface area contributed by atoms with E-state index in [0.717, 1.165) is 4.90 Å². The van der Waals surface area contributed by atoms with E-state index in [2.05, 4.69) is 32.0 Å². The molecule has 0 fully saturated rings. The number of hydrogen-bond donors (Lipinski definition) is 0. The van der Waals surface area contributed by atoms with Crippen molar-refractivity contribution in [3.63, 3.8) is 0 Å². The molecule has 0 N–H and O–H groups in total. The fourth-order valence-electron chi connectivity index (χ4n) is 2.16. The van der Waals surface area contributed by atoms with Crippen LogP contribution in [-0.4, -0.2) is 18.3 Å². The van der Waals surface area contributed by atoms with Crippen LogP contribution in [0, 0.1) is 13.8 Å². The first-order valence-corrected chi connectivity index (χ1v) is 7.75. The van der Waals surface area contributed by atoms with Crippen molar-refractivity contribution in [2.24, 2.45) is 0 Å². The zero-order valence-corrected chi connectivity index (χ0v) is 12.8. The molecule has 0 aliphatic carbocycles. The molecule has 1 aliphatic heterocycles. The summed E-state index contributed by atoms with van der Waals surface area (Å²) in [5.74, 6) is 1.87. The number of rotatable bonds is 4. The molecule has 0 atom stereocenters. The van der Waals surface area contributed by atoms with E-state index >= 15 is 0 Å². The average molecular weight is 300 g/mol. The van der Waals surface area contributed by atoms with Crippen molar-refractivity contribution in [2.45, 2.75) is 18.7 Å². The van der Waals surface area contributed by atoms with Gasteiger partial charge in [-0.25, -0.2) is 0 Å². The number of hydrogen-bond acceptors (Lipinski definition) is 4. The molecular weight excluding hydrogens is 284 g/mol. The molecule has 21 heavy (non-hydrogen) atoms. The summed E-state index contributed by atoms with van der Waals surface area (Å²) < 4.78 is 10.6. The fourth-order valence-corrected chi connectivity index (χ4v) is 3.18. The predicted octanol–water partition coefficient (Wildman–Crippen LogP) is 4.01. The zero-order chi connectivity index (χ0) is 14.8. The Morgan fingerprint density at radius 2 is 1.90 bits per heavy atom. The molecule has 0 spiro atoms. The topological polar surface area (TPSA) is 35.5 Å². The maximum Gasteiger partial charge on any atom is 0.231 e. The maximum atomic E-state index is 12.3. The van der Waals surface area contributed by atoms with E-state index in [1.807, 2.05) is 0 Å². The lowest BCUT2D eigenvalue weighted by atomic mass is 10.1. The van der Waals surface area contributed by atoms with Crippen LogP contribution in [0.15, 0.2) is 41.3 Å². The molecule has 3 rings (SSSR count). The minimum absolute atomic E-state index is 0.0965. The molecule has 0 saturated carbocycles. The van der Waals surface area contributed by atoms with Gasteiger partial charge in [0.2, 0.25) is 6.79 Å². The van der Waals surface area contributed by atoms with Gasteiger partial charge in [0.25, 0.3) is 0 Å². The minimum atomic E-state index is 0.0965. The Kier molecular flexibility index (Phi) is 3.88. The van der Waals surface area contributed by atoms with E-state index in [-0.39, 0.29) is 12.6 Å². The average Bonchev–Trinajstić information content (AvgIpc) is 2.95. The molecule has 3 nitrogen and oxygen atoms in total. The van der Waals surface area contributed by atoms with Gasteiger partial charge in [-0.2, -0.15) is 0 Å². The zero-order valence-electron chi connectivity index (χ0n) is 12.0. The Morgan fingerprint density at radius 3 is 2.76 bits per heavy atom. The Labute approximate surface area is 128 Å². The molecule has 1 heterocycles. The molecule has 4 heteroatoms. The number of fused-ring (bicyclic) bond motifs is 1. The van der Waals surface area contributed by atoms with Gasteiger partial charge in [-0.15, -0.1) is 11.8 Å². The third kappa shape index (κ3) is 3.05. The van der Waals surface area contributed by atoms with E-state index in [4.69, 9.17) is 9.47 Å². The highest BCUT2D eigenvalue weighted by molar-refractivity contribution is 8.00. The van der Waals surface area contributed by atoms with Gasteiger partial charge in [0.1, 0.15) is 0 Å². The van der Waals surface area contributed by atoms with Gasteiger partial charge in [0.15, 0.2) is 17.3 Å². The second-order valence-corrected chi connectivity index (χ2v) is 6.07.